The van der Waals surface area contributed by atoms with Crippen LogP contribution in [-0.4, -0.2) is 72.1 Å². The molecular weight excluding hydrogens is 406 g/mol. The maximum atomic E-state index is 5.02. The molecule has 0 aliphatic carbocycles. The first-order valence-corrected chi connectivity index (χ1v) is 11.9. The molecular formula is C23H29N7S. The summed E-state index contributed by atoms with van der Waals surface area (Å²) in [6.45, 7) is 3.61. The van der Waals surface area contributed by atoms with Gasteiger partial charge in [-0.2, -0.15) is 0 Å². The van der Waals surface area contributed by atoms with E-state index in [9.17, 15) is 0 Å². The van der Waals surface area contributed by atoms with E-state index in [2.05, 4.69) is 93.5 Å². The summed E-state index contributed by atoms with van der Waals surface area (Å²) in [6.07, 6.45) is 3.20. The summed E-state index contributed by atoms with van der Waals surface area (Å²) in [5.74, 6) is 1.86. The Labute approximate surface area is 187 Å². The summed E-state index contributed by atoms with van der Waals surface area (Å²) in [4.78, 5) is 18.0. The van der Waals surface area contributed by atoms with Gasteiger partial charge in [0.05, 0.1) is 24.4 Å². The number of nitrogens with one attached hydrogen (secondary N) is 1. The van der Waals surface area contributed by atoms with Crippen LogP contribution in [0.15, 0.2) is 58.4 Å². The lowest BCUT2D eigenvalue weighted by molar-refractivity contribution is 0.254. The fourth-order valence-corrected chi connectivity index (χ4v) is 4.69. The zero-order valence-corrected chi connectivity index (χ0v) is 19.1. The molecule has 162 valence electrons. The monoisotopic (exact) mass is 435 g/mol. The van der Waals surface area contributed by atoms with Gasteiger partial charge in [0.1, 0.15) is 6.17 Å². The van der Waals surface area contributed by atoms with Gasteiger partial charge in [-0.3, -0.25) is 14.4 Å². The third kappa shape index (κ3) is 3.91. The number of nitrogens with zero attached hydrogens (tertiary/aromatic N) is 6. The number of aliphatic imine (C=N–C) groups is 1. The van der Waals surface area contributed by atoms with Gasteiger partial charge in [0, 0.05) is 11.4 Å². The predicted molar refractivity (Wildman–Crippen MR) is 129 cm³/mol. The molecule has 0 saturated heterocycles. The lowest BCUT2D eigenvalue weighted by atomic mass is 10.1. The number of imidazole rings is 1. The van der Waals surface area contributed by atoms with Gasteiger partial charge < -0.3 is 10.2 Å². The number of para-hydroxylation sites is 2. The summed E-state index contributed by atoms with van der Waals surface area (Å²) in [5, 5.41) is 3.70. The van der Waals surface area contributed by atoms with Crippen LogP contribution in [0.25, 0.3) is 11.0 Å². The number of guanidine groups is 1. The molecule has 1 atom stereocenters. The predicted octanol–water partition coefficient (Wildman–Crippen LogP) is 3.25. The topological polar surface area (TPSA) is 51.9 Å². The Morgan fingerprint density at radius 2 is 1.94 bits per heavy atom. The summed E-state index contributed by atoms with van der Waals surface area (Å²) >= 11 is 1.76. The van der Waals surface area contributed by atoms with Crippen molar-refractivity contribution in [3.05, 3.63) is 54.1 Å². The highest BCUT2D eigenvalue weighted by atomic mass is 32.2. The molecule has 1 aromatic heterocycles. The first-order chi connectivity index (χ1) is 15.1. The normalized spacial score (nSPS) is 18.6. The minimum atomic E-state index is -0.0337. The van der Waals surface area contributed by atoms with Gasteiger partial charge in [-0.15, -0.1) is 11.8 Å². The number of rotatable bonds is 6. The molecule has 0 radical (unpaired) electrons. The van der Waals surface area contributed by atoms with Crippen molar-refractivity contribution in [2.45, 2.75) is 17.5 Å². The molecule has 3 aromatic rings. The van der Waals surface area contributed by atoms with Crippen LogP contribution < -0.4 is 10.2 Å². The van der Waals surface area contributed by atoms with E-state index in [0.29, 0.717) is 6.67 Å². The number of aromatic nitrogens is 2. The molecule has 1 N–H and O–H groups in total. The largest absolute Gasteiger partial charge is 0.331 e. The first-order valence-electron chi connectivity index (χ1n) is 10.7. The SMILES string of the molecule is CSc1ccc(C2NC3=NCN(CCCN(C)C)CN3c3nc4ccccc4n32)cc1. The standard InChI is InChI=1S/C23H29N7S/c1-27(2)13-6-14-28-15-24-22-26-21(17-9-11-18(31-3)12-10-17)30-20-8-5-4-7-19(20)25-23(30)29(22)16-28/h4-5,7-12,21H,6,13-16H2,1-3H3,(H,24,26). The highest BCUT2D eigenvalue weighted by molar-refractivity contribution is 7.98. The van der Waals surface area contributed by atoms with Gasteiger partial charge in [0.25, 0.3) is 0 Å². The molecule has 0 bridgehead atoms. The van der Waals surface area contributed by atoms with E-state index in [0.717, 1.165) is 49.1 Å². The highest BCUT2D eigenvalue weighted by Gasteiger charge is 2.35. The van der Waals surface area contributed by atoms with Crippen molar-refractivity contribution in [1.29, 1.82) is 0 Å². The summed E-state index contributed by atoms with van der Waals surface area (Å²) < 4.78 is 2.31. The number of anilines is 1. The van der Waals surface area contributed by atoms with Crippen LogP contribution in [0.5, 0.6) is 0 Å². The molecule has 31 heavy (non-hydrogen) atoms. The van der Waals surface area contributed by atoms with E-state index in [1.165, 1.54) is 10.5 Å². The van der Waals surface area contributed by atoms with E-state index in [-0.39, 0.29) is 6.17 Å². The van der Waals surface area contributed by atoms with Crippen molar-refractivity contribution in [3.63, 3.8) is 0 Å². The Balaban J connectivity index is 1.51. The Kier molecular flexibility index (Phi) is 5.60. The van der Waals surface area contributed by atoms with Crippen LogP contribution in [0.1, 0.15) is 18.2 Å². The van der Waals surface area contributed by atoms with Gasteiger partial charge in [0.2, 0.25) is 11.9 Å². The molecule has 2 aliphatic heterocycles. The minimum absolute atomic E-state index is 0.0337. The summed E-state index contributed by atoms with van der Waals surface area (Å²) in [6, 6.07) is 17.1. The second kappa shape index (κ2) is 8.53. The zero-order chi connectivity index (χ0) is 21.4. The molecule has 7 nitrogen and oxygen atoms in total. The second-order valence-electron chi connectivity index (χ2n) is 8.33. The van der Waals surface area contributed by atoms with Crippen molar-refractivity contribution in [3.8, 4) is 0 Å². The molecule has 0 amide bonds. The summed E-state index contributed by atoms with van der Waals surface area (Å²) in [5.41, 5.74) is 3.35. The minimum Gasteiger partial charge on any atom is -0.331 e. The van der Waals surface area contributed by atoms with E-state index in [4.69, 9.17) is 9.98 Å². The molecule has 5 rings (SSSR count). The van der Waals surface area contributed by atoms with Crippen molar-refractivity contribution in [2.24, 2.45) is 4.99 Å². The van der Waals surface area contributed by atoms with Crippen molar-refractivity contribution < 1.29 is 0 Å². The Hall–Kier alpha value is -2.55. The Bertz CT molecular complexity index is 1090. The number of hydrogen-bond acceptors (Lipinski definition) is 7. The maximum Gasteiger partial charge on any atom is 0.216 e. The van der Waals surface area contributed by atoms with Crippen LogP contribution in [0, 0.1) is 0 Å². The van der Waals surface area contributed by atoms with Crippen LogP contribution in [-0.2, 0) is 0 Å². The van der Waals surface area contributed by atoms with Gasteiger partial charge in [-0.1, -0.05) is 24.3 Å². The van der Waals surface area contributed by atoms with Gasteiger partial charge in [-0.25, -0.2) is 9.98 Å². The smallest absolute Gasteiger partial charge is 0.216 e. The van der Waals surface area contributed by atoms with Gasteiger partial charge in [-0.05, 0) is 63.1 Å². The van der Waals surface area contributed by atoms with Gasteiger partial charge >= 0.3 is 0 Å². The quantitative estimate of drug-likeness (QED) is 0.600. The Morgan fingerprint density at radius 1 is 1.13 bits per heavy atom. The Morgan fingerprint density at radius 3 is 2.71 bits per heavy atom. The fraction of sp³-hybridized carbons (Fsp3) is 0.391. The van der Waals surface area contributed by atoms with Crippen LogP contribution in [0.3, 0.4) is 0 Å². The second-order valence-corrected chi connectivity index (χ2v) is 9.21. The number of hydrogen-bond donors (Lipinski definition) is 1. The van der Waals surface area contributed by atoms with E-state index in [1.807, 2.05) is 0 Å². The van der Waals surface area contributed by atoms with Crippen molar-refractivity contribution in [2.75, 3.05) is 51.7 Å². The average molecular weight is 436 g/mol. The number of fused-ring (bicyclic) bond motifs is 5. The number of benzene rings is 2. The average Bonchev–Trinajstić information content (AvgIpc) is 3.18. The van der Waals surface area contributed by atoms with E-state index >= 15 is 0 Å². The zero-order valence-electron chi connectivity index (χ0n) is 18.3. The molecule has 2 aliphatic rings. The molecule has 1 unspecified atom stereocenters. The van der Waals surface area contributed by atoms with Crippen molar-refractivity contribution >= 4 is 34.7 Å². The van der Waals surface area contributed by atoms with Crippen LogP contribution in [0.4, 0.5) is 5.95 Å². The molecule has 0 saturated carbocycles. The lowest BCUT2D eigenvalue weighted by Gasteiger charge is -2.41. The fourth-order valence-electron chi connectivity index (χ4n) is 4.28. The van der Waals surface area contributed by atoms with Crippen LogP contribution >= 0.6 is 11.8 Å². The maximum absolute atomic E-state index is 5.02. The van der Waals surface area contributed by atoms with E-state index < -0.39 is 0 Å². The molecule has 2 aromatic carbocycles. The van der Waals surface area contributed by atoms with Crippen LogP contribution in [0.2, 0.25) is 0 Å². The molecule has 0 spiro atoms. The lowest BCUT2D eigenvalue weighted by Crippen LogP contribution is -2.57. The summed E-state index contributed by atoms with van der Waals surface area (Å²) in [7, 11) is 4.24. The third-order valence-electron chi connectivity index (χ3n) is 5.87. The van der Waals surface area contributed by atoms with Crippen molar-refractivity contribution in [1.82, 2.24) is 24.7 Å². The van der Waals surface area contributed by atoms with E-state index in [1.54, 1.807) is 11.8 Å². The highest BCUT2D eigenvalue weighted by Crippen LogP contribution is 2.34. The van der Waals surface area contributed by atoms with Gasteiger partial charge in [0.15, 0.2) is 0 Å². The third-order valence-corrected chi connectivity index (χ3v) is 6.61. The first kappa shape index (κ1) is 20.4. The molecule has 8 heteroatoms. The molecule has 0 fully saturated rings. The molecule has 3 heterocycles. The number of thioether (sulfide) groups is 1.